The zero-order valence-corrected chi connectivity index (χ0v) is 11.0. The highest BCUT2D eigenvalue weighted by molar-refractivity contribution is 6.35. The molecule has 98 valence electrons. The molecule has 1 aliphatic rings. The first-order valence-electron chi connectivity index (χ1n) is 6.19. The molecule has 0 N–H and O–H groups in total. The highest BCUT2D eigenvalue weighted by atomic mass is 19.1. The van der Waals surface area contributed by atoms with E-state index in [9.17, 15) is 4.39 Å². The van der Waals surface area contributed by atoms with Gasteiger partial charge in [0.25, 0.3) is 0 Å². The van der Waals surface area contributed by atoms with Gasteiger partial charge in [-0.05, 0) is 13.0 Å². The van der Waals surface area contributed by atoms with E-state index in [1.165, 1.54) is 0 Å². The van der Waals surface area contributed by atoms with Gasteiger partial charge in [0.1, 0.15) is 6.67 Å². The van der Waals surface area contributed by atoms with Crippen LogP contribution in [0.5, 0.6) is 0 Å². The van der Waals surface area contributed by atoms with E-state index in [0.717, 1.165) is 17.0 Å². The Morgan fingerprint density at radius 2 is 2.26 bits per heavy atom. The molecule has 1 unspecified atom stereocenters. The van der Waals surface area contributed by atoms with Crippen LogP contribution in [0.15, 0.2) is 46.8 Å². The van der Waals surface area contributed by atoms with Gasteiger partial charge in [-0.3, -0.25) is 15.0 Å². The van der Waals surface area contributed by atoms with Crippen LogP contribution < -0.4 is 0 Å². The minimum absolute atomic E-state index is 0.123. The van der Waals surface area contributed by atoms with Gasteiger partial charge in [0.05, 0.1) is 11.4 Å². The first-order chi connectivity index (χ1) is 9.26. The molecule has 0 fully saturated rings. The molecule has 1 aliphatic heterocycles. The van der Waals surface area contributed by atoms with Gasteiger partial charge in [0.2, 0.25) is 0 Å². The third kappa shape index (κ3) is 3.02. The number of hydrogen-bond donors (Lipinski definition) is 0. The number of aliphatic imine (C=N–C) groups is 2. The Morgan fingerprint density at radius 1 is 1.42 bits per heavy atom. The summed E-state index contributed by atoms with van der Waals surface area (Å²) in [5, 5.41) is 0. The van der Waals surface area contributed by atoms with Crippen molar-refractivity contribution in [2.75, 3.05) is 0 Å². The summed E-state index contributed by atoms with van der Waals surface area (Å²) in [6, 6.07) is 3.57. The molecule has 3 nitrogen and oxygen atoms in total. The second-order valence-electron chi connectivity index (χ2n) is 4.31. The summed E-state index contributed by atoms with van der Waals surface area (Å²) in [6.07, 6.45) is 8.73. The minimum atomic E-state index is -0.492. The average Bonchev–Trinajstić information content (AvgIpc) is 2.46. The van der Waals surface area contributed by atoms with Crippen molar-refractivity contribution in [3.8, 4) is 0 Å². The first-order valence-corrected chi connectivity index (χ1v) is 6.19. The van der Waals surface area contributed by atoms with Crippen LogP contribution in [0.25, 0.3) is 5.57 Å². The summed E-state index contributed by atoms with van der Waals surface area (Å²) >= 11 is 0. The monoisotopic (exact) mass is 257 g/mol. The van der Waals surface area contributed by atoms with Gasteiger partial charge in [-0.2, -0.15) is 0 Å². The Balaban J connectivity index is 2.29. The standard InChI is InChI=1S/C15H16FN3/c1-3-6-18-15-10-17-9-13(11(15)2)14-5-4-12(7-16)8-19-14/h3-6,8-11H,7H2,1-2H3/b6-3-,18-15?. The van der Waals surface area contributed by atoms with Gasteiger partial charge in [-0.25, -0.2) is 4.39 Å². The maximum Gasteiger partial charge on any atom is 0.116 e. The van der Waals surface area contributed by atoms with Gasteiger partial charge in [-0.15, -0.1) is 0 Å². The third-order valence-corrected chi connectivity index (χ3v) is 2.98. The molecular formula is C15H16FN3. The Labute approximate surface area is 112 Å². The van der Waals surface area contributed by atoms with E-state index in [2.05, 4.69) is 21.9 Å². The summed E-state index contributed by atoms with van der Waals surface area (Å²) in [5.74, 6) is 0.123. The summed E-state index contributed by atoms with van der Waals surface area (Å²) in [4.78, 5) is 12.8. The Hall–Kier alpha value is -2.10. The van der Waals surface area contributed by atoms with Crippen molar-refractivity contribution < 1.29 is 4.39 Å². The second kappa shape index (κ2) is 6.18. The fourth-order valence-corrected chi connectivity index (χ4v) is 1.84. The molecule has 2 heterocycles. The fourth-order valence-electron chi connectivity index (χ4n) is 1.84. The molecule has 1 aromatic heterocycles. The Bertz CT molecular complexity index is 553. The number of hydrogen-bond acceptors (Lipinski definition) is 3. The van der Waals surface area contributed by atoms with Crippen LogP contribution in [0.4, 0.5) is 4.39 Å². The molecule has 1 atom stereocenters. The zero-order valence-electron chi connectivity index (χ0n) is 11.0. The number of alkyl halides is 1. The van der Waals surface area contributed by atoms with Crippen molar-refractivity contribution in [3.05, 3.63) is 48.1 Å². The summed E-state index contributed by atoms with van der Waals surface area (Å²) < 4.78 is 12.5. The summed E-state index contributed by atoms with van der Waals surface area (Å²) in [7, 11) is 0. The zero-order chi connectivity index (χ0) is 13.7. The van der Waals surface area contributed by atoms with Gasteiger partial charge in [-0.1, -0.05) is 19.1 Å². The molecule has 1 aromatic rings. The SMILES string of the molecule is C/C=C\N=C1C=NC=C(c2ccc(CF)cn2)C1C. The van der Waals surface area contributed by atoms with E-state index in [4.69, 9.17) is 0 Å². The largest absolute Gasteiger partial charge is 0.262 e. The highest BCUT2D eigenvalue weighted by Crippen LogP contribution is 2.25. The maximum atomic E-state index is 12.5. The normalized spacial score (nSPS) is 21.1. The first kappa shape index (κ1) is 13.3. The quantitative estimate of drug-likeness (QED) is 0.815. The van der Waals surface area contributed by atoms with Crippen LogP contribution in [0.1, 0.15) is 25.1 Å². The number of nitrogens with zero attached hydrogens (tertiary/aromatic N) is 3. The molecule has 0 spiro atoms. The van der Waals surface area contributed by atoms with E-state index in [1.54, 1.807) is 30.9 Å². The molecule has 0 saturated carbocycles. The van der Waals surface area contributed by atoms with Crippen molar-refractivity contribution in [3.63, 3.8) is 0 Å². The van der Waals surface area contributed by atoms with Crippen molar-refractivity contribution in [2.24, 2.45) is 15.9 Å². The maximum absolute atomic E-state index is 12.5. The van der Waals surface area contributed by atoms with E-state index < -0.39 is 6.67 Å². The van der Waals surface area contributed by atoms with E-state index in [0.29, 0.717) is 5.56 Å². The van der Waals surface area contributed by atoms with Crippen LogP contribution in [0.2, 0.25) is 0 Å². The Kier molecular flexibility index (Phi) is 4.34. The molecule has 0 radical (unpaired) electrons. The lowest BCUT2D eigenvalue weighted by Crippen LogP contribution is -2.17. The van der Waals surface area contributed by atoms with Crippen molar-refractivity contribution in [1.29, 1.82) is 0 Å². The number of pyridine rings is 1. The average molecular weight is 257 g/mol. The Morgan fingerprint density at radius 3 is 2.89 bits per heavy atom. The second-order valence-corrected chi connectivity index (χ2v) is 4.31. The van der Waals surface area contributed by atoms with Crippen molar-refractivity contribution >= 4 is 17.5 Å². The van der Waals surface area contributed by atoms with Gasteiger partial charge in [0.15, 0.2) is 0 Å². The van der Waals surface area contributed by atoms with Crippen LogP contribution in [-0.4, -0.2) is 16.9 Å². The third-order valence-electron chi connectivity index (χ3n) is 2.98. The predicted octanol–water partition coefficient (Wildman–Crippen LogP) is 3.59. The van der Waals surface area contributed by atoms with Crippen LogP contribution in [0, 0.1) is 5.92 Å². The van der Waals surface area contributed by atoms with Gasteiger partial charge >= 0.3 is 0 Å². The smallest absolute Gasteiger partial charge is 0.116 e. The van der Waals surface area contributed by atoms with Gasteiger partial charge in [0, 0.05) is 41.9 Å². The number of allylic oxidation sites excluding steroid dienone is 2. The molecule has 2 rings (SSSR count). The summed E-state index contributed by atoms with van der Waals surface area (Å²) in [5.41, 5.74) is 3.29. The lowest BCUT2D eigenvalue weighted by molar-refractivity contribution is 0.484. The predicted molar refractivity (Wildman–Crippen MR) is 76.9 cm³/mol. The molecule has 19 heavy (non-hydrogen) atoms. The highest BCUT2D eigenvalue weighted by Gasteiger charge is 2.19. The van der Waals surface area contributed by atoms with Crippen molar-refractivity contribution in [1.82, 2.24) is 4.98 Å². The lowest BCUT2D eigenvalue weighted by Gasteiger charge is -2.17. The van der Waals surface area contributed by atoms with Gasteiger partial charge < -0.3 is 0 Å². The van der Waals surface area contributed by atoms with E-state index >= 15 is 0 Å². The number of aromatic nitrogens is 1. The molecule has 0 amide bonds. The minimum Gasteiger partial charge on any atom is -0.262 e. The topological polar surface area (TPSA) is 37.6 Å². The molecule has 0 aromatic carbocycles. The number of halogens is 1. The lowest BCUT2D eigenvalue weighted by atomic mass is 9.92. The molecular weight excluding hydrogens is 241 g/mol. The molecule has 0 bridgehead atoms. The van der Waals surface area contributed by atoms with E-state index in [1.807, 2.05) is 19.1 Å². The van der Waals surface area contributed by atoms with Crippen molar-refractivity contribution in [2.45, 2.75) is 20.5 Å². The molecule has 0 saturated heterocycles. The van der Waals surface area contributed by atoms with Crippen LogP contribution >= 0.6 is 0 Å². The fraction of sp³-hybridized carbons (Fsp3) is 0.267. The molecule has 0 aliphatic carbocycles. The van der Waals surface area contributed by atoms with Crippen LogP contribution in [-0.2, 0) is 6.67 Å². The molecule has 4 heteroatoms. The summed E-state index contributed by atoms with van der Waals surface area (Å²) in [6.45, 7) is 3.49. The number of rotatable bonds is 3. The van der Waals surface area contributed by atoms with Crippen LogP contribution in [0.3, 0.4) is 0 Å². The van der Waals surface area contributed by atoms with E-state index in [-0.39, 0.29) is 5.92 Å².